The Kier molecular flexibility index (Phi) is 4.38. The van der Waals surface area contributed by atoms with Gasteiger partial charge in [0, 0.05) is 4.70 Å². The molecular weight excluding hydrogens is 349 g/mol. The minimum absolute atomic E-state index is 0.0174. The topological polar surface area (TPSA) is 12.0 Å². The van der Waals surface area contributed by atoms with E-state index in [1.165, 1.54) is 21.7 Å². The van der Waals surface area contributed by atoms with Crippen molar-refractivity contribution in [2.24, 2.45) is 0 Å². The maximum atomic E-state index is 13.9. The monoisotopic (exact) mass is 363 g/mol. The molecule has 0 saturated heterocycles. The highest BCUT2D eigenvalue weighted by molar-refractivity contribution is 9.10. The van der Waals surface area contributed by atoms with Crippen molar-refractivity contribution in [2.45, 2.75) is 13.0 Å². The zero-order chi connectivity index (χ0) is 14.8. The van der Waals surface area contributed by atoms with Crippen LogP contribution in [0.3, 0.4) is 0 Å². The summed E-state index contributed by atoms with van der Waals surface area (Å²) in [5.41, 5.74) is 2.13. The number of halogens is 2. The van der Waals surface area contributed by atoms with Gasteiger partial charge in [-0.2, -0.15) is 0 Å². The molecule has 0 fully saturated rings. The van der Waals surface area contributed by atoms with Gasteiger partial charge in [0.25, 0.3) is 0 Å². The van der Waals surface area contributed by atoms with Gasteiger partial charge < -0.3 is 5.32 Å². The van der Waals surface area contributed by atoms with Crippen molar-refractivity contribution < 1.29 is 4.39 Å². The fourth-order valence-electron chi connectivity index (χ4n) is 2.56. The van der Waals surface area contributed by atoms with E-state index in [2.05, 4.69) is 45.7 Å². The highest BCUT2D eigenvalue weighted by atomic mass is 79.9. The average molecular weight is 364 g/mol. The quantitative estimate of drug-likeness (QED) is 0.644. The molecule has 1 unspecified atom stereocenters. The molecule has 3 aromatic rings. The molecule has 1 atom stereocenters. The van der Waals surface area contributed by atoms with Crippen LogP contribution in [0.5, 0.6) is 0 Å². The van der Waals surface area contributed by atoms with Gasteiger partial charge in [-0.15, -0.1) is 11.3 Å². The summed E-state index contributed by atoms with van der Waals surface area (Å²) >= 11 is 5.11. The number of thiophene rings is 1. The van der Waals surface area contributed by atoms with E-state index in [0.717, 1.165) is 12.1 Å². The Balaban J connectivity index is 2.16. The molecule has 0 amide bonds. The van der Waals surface area contributed by atoms with Crippen molar-refractivity contribution in [3.05, 3.63) is 69.3 Å². The molecule has 0 aliphatic rings. The number of hydrogen-bond donors (Lipinski definition) is 1. The number of hydrogen-bond acceptors (Lipinski definition) is 2. The number of rotatable bonds is 4. The van der Waals surface area contributed by atoms with Crippen LogP contribution in [0.25, 0.3) is 10.1 Å². The fourth-order valence-corrected chi connectivity index (χ4v) is 4.04. The first-order chi connectivity index (χ1) is 10.2. The predicted molar refractivity (Wildman–Crippen MR) is 91.4 cm³/mol. The van der Waals surface area contributed by atoms with Crippen LogP contribution in [0, 0.1) is 5.82 Å². The molecular formula is C17H15BrFNS. The minimum Gasteiger partial charge on any atom is -0.306 e. The van der Waals surface area contributed by atoms with Crippen molar-refractivity contribution in [1.29, 1.82) is 0 Å². The van der Waals surface area contributed by atoms with Crippen LogP contribution in [0.15, 0.2) is 52.3 Å². The van der Waals surface area contributed by atoms with Crippen molar-refractivity contribution in [3.63, 3.8) is 0 Å². The van der Waals surface area contributed by atoms with E-state index in [0.29, 0.717) is 4.47 Å². The Labute approximate surface area is 135 Å². The van der Waals surface area contributed by atoms with E-state index < -0.39 is 0 Å². The van der Waals surface area contributed by atoms with E-state index in [4.69, 9.17) is 0 Å². The molecule has 0 radical (unpaired) electrons. The van der Waals surface area contributed by atoms with Gasteiger partial charge >= 0.3 is 0 Å². The third kappa shape index (κ3) is 2.76. The van der Waals surface area contributed by atoms with Gasteiger partial charge in [-0.1, -0.05) is 37.3 Å². The highest BCUT2D eigenvalue weighted by Crippen LogP contribution is 2.36. The van der Waals surface area contributed by atoms with Crippen molar-refractivity contribution in [3.8, 4) is 0 Å². The standard InChI is InChI=1S/C17H15BrFNS/c1-2-20-17(12-7-5-8-14(19)16(12)18)13-10-21-15-9-4-3-6-11(13)15/h3-10,17,20H,2H2,1H3. The van der Waals surface area contributed by atoms with Gasteiger partial charge in [-0.05, 0) is 56.5 Å². The van der Waals surface area contributed by atoms with Gasteiger partial charge in [-0.3, -0.25) is 0 Å². The van der Waals surface area contributed by atoms with Gasteiger partial charge in [0.2, 0.25) is 0 Å². The largest absolute Gasteiger partial charge is 0.306 e. The molecule has 1 N–H and O–H groups in total. The third-order valence-corrected chi connectivity index (χ3v) is 5.34. The van der Waals surface area contributed by atoms with Crippen LogP contribution in [-0.2, 0) is 0 Å². The molecule has 0 aliphatic carbocycles. The number of benzene rings is 2. The molecule has 0 saturated carbocycles. The highest BCUT2D eigenvalue weighted by Gasteiger charge is 2.20. The molecule has 1 aromatic heterocycles. The smallest absolute Gasteiger partial charge is 0.137 e. The summed E-state index contributed by atoms with van der Waals surface area (Å²) < 4.78 is 15.6. The lowest BCUT2D eigenvalue weighted by atomic mass is 9.98. The van der Waals surface area contributed by atoms with E-state index in [1.807, 2.05) is 18.2 Å². The lowest BCUT2D eigenvalue weighted by molar-refractivity contribution is 0.597. The minimum atomic E-state index is -0.227. The van der Waals surface area contributed by atoms with Gasteiger partial charge in [0.05, 0.1) is 10.5 Å². The first kappa shape index (κ1) is 14.7. The Morgan fingerprint density at radius 2 is 1.95 bits per heavy atom. The van der Waals surface area contributed by atoms with E-state index in [1.54, 1.807) is 17.4 Å². The summed E-state index contributed by atoms with van der Waals surface area (Å²) in [5.74, 6) is -0.227. The maximum Gasteiger partial charge on any atom is 0.137 e. The lowest BCUT2D eigenvalue weighted by Crippen LogP contribution is -2.22. The molecule has 1 heterocycles. The van der Waals surface area contributed by atoms with Gasteiger partial charge in [0.15, 0.2) is 0 Å². The van der Waals surface area contributed by atoms with Crippen molar-refractivity contribution >= 4 is 37.4 Å². The summed E-state index contributed by atoms with van der Waals surface area (Å²) in [6.45, 7) is 2.88. The fraction of sp³-hybridized carbons (Fsp3) is 0.176. The first-order valence-electron chi connectivity index (χ1n) is 6.85. The number of fused-ring (bicyclic) bond motifs is 1. The Morgan fingerprint density at radius 3 is 2.76 bits per heavy atom. The summed E-state index contributed by atoms with van der Waals surface area (Å²) in [6, 6.07) is 13.5. The Hall–Kier alpha value is -1.23. The molecule has 4 heteroatoms. The van der Waals surface area contributed by atoms with Crippen molar-refractivity contribution in [1.82, 2.24) is 5.32 Å². The SMILES string of the molecule is CCNC(c1cccc(F)c1Br)c1csc2ccccc12. The van der Waals surface area contributed by atoms with Crippen LogP contribution in [0.2, 0.25) is 0 Å². The van der Waals surface area contributed by atoms with Crippen LogP contribution in [0.1, 0.15) is 24.1 Å². The molecule has 0 aliphatic heterocycles. The van der Waals surface area contributed by atoms with E-state index >= 15 is 0 Å². The maximum absolute atomic E-state index is 13.9. The normalized spacial score (nSPS) is 12.7. The molecule has 21 heavy (non-hydrogen) atoms. The number of nitrogens with one attached hydrogen (secondary N) is 1. The predicted octanol–water partition coefficient (Wildman–Crippen LogP) is 5.50. The second kappa shape index (κ2) is 6.26. The van der Waals surface area contributed by atoms with Crippen LogP contribution >= 0.6 is 27.3 Å². The van der Waals surface area contributed by atoms with E-state index in [-0.39, 0.29) is 11.9 Å². The molecule has 0 spiro atoms. The first-order valence-corrected chi connectivity index (χ1v) is 8.53. The second-order valence-corrected chi connectivity index (χ2v) is 6.53. The average Bonchev–Trinajstić information content (AvgIpc) is 2.92. The molecule has 0 bridgehead atoms. The Morgan fingerprint density at radius 1 is 1.14 bits per heavy atom. The van der Waals surface area contributed by atoms with E-state index in [9.17, 15) is 4.39 Å². The summed E-state index contributed by atoms with van der Waals surface area (Å²) in [5, 5.41) is 6.86. The van der Waals surface area contributed by atoms with Gasteiger partial charge in [0.1, 0.15) is 5.82 Å². The van der Waals surface area contributed by atoms with Crippen LogP contribution in [0.4, 0.5) is 4.39 Å². The summed E-state index contributed by atoms with van der Waals surface area (Å²) in [6.07, 6.45) is 0. The van der Waals surface area contributed by atoms with Gasteiger partial charge in [-0.25, -0.2) is 4.39 Å². The Bertz CT molecular complexity index is 768. The third-order valence-electron chi connectivity index (χ3n) is 3.52. The second-order valence-electron chi connectivity index (χ2n) is 4.82. The van der Waals surface area contributed by atoms with Crippen LogP contribution in [-0.4, -0.2) is 6.54 Å². The molecule has 1 nitrogen and oxygen atoms in total. The molecule has 3 rings (SSSR count). The lowest BCUT2D eigenvalue weighted by Gasteiger charge is -2.20. The molecule has 2 aromatic carbocycles. The molecule has 108 valence electrons. The van der Waals surface area contributed by atoms with Crippen LogP contribution < -0.4 is 5.32 Å². The summed E-state index contributed by atoms with van der Waals surface area (Å²) in [4.78, 5) is 0. The summed E-state index contributed by atoms with van der Waals surface area (Å²) in [7, 11) is 0. The zero-order valence-corrected chi connectivity index (χ0v) is 14.0. The van der Waals surface area contributed by atoms with Crippen molar-refractivity contribution in [2.75, 3.05) is 6.54 Å². The zero-order valence-electron chi connectivity index (χ0n) is 11.6.